The maximum Gasteiger partial charge on any atom is 0.133 e. The van der Waals surface area contributed by atoms with Gasteiger partial charge in [-0.3, -0.25) is 4.79 Å². The third kappa shape index (κ3) is 2.55. The van der Waals surface area contributed by atoms with Crippen molar-refractivity contribution < 1.29 is 4.79 Å². The van der Waals surface area contributed by atoms with Crippen LogP contribution < -0.4 is 0 Å². The van der Waals surface area contributed by atoms with Gasteiger partial charge in [0.1, 0.15) is 5.78 Å². The lowest BCUT2D eigenvalue weighted by Crippen LogP contribution is -2.14. The number of carbonyl (C=O) groups excluding carboxylic acids is 1. The molecule has 100 valence electrons. The molecule has 1 heterocycles. The molecule has 0 amide bonds. The zero-order valence-electron chi connectivity index (χ0n) is 10.2. The molecule has 0 radical (unpaired) electrons. The Bertz CT molecular complexity index is 643. The lowest BCUT2D eigenvalue weighted by molar-refractivity contribution is -0.120. The summed E-state index contributed by atoms with van der Waals surface area (Å²) in [6, 6.07) is 3.96. The molecule has 0 aliphatic heterocycles. The van der Waals surface area contributed by atoms with Gasteiger partial charge < -0.3 is 0 Å². The van der Waals surface area contributed by atoms with Crippen molar-refractivity contribution in [1.82, 2.24) is 9.55 Å². The fraction of sp³-hybridized carbons (Fsp3) is 0.385. The van der Waals surface area contributed by atoms with Gasteiger partial charge in [0.05, 0.1) is 18.1 Å². The second-order valence-electron chi connectivity index (χ2n) is 4.87. The molecule has 0 spiro atoms. The summed E-state index contributed by atoms with van der Waals surface area (Å²) < 4.78 is 1.99. The molecule has 2 aromatic rings. The number of aromatic nitrogens is 2. The van der Waals surface area contributed by atoms with Crippen LogP contribution >= 0.6 is 40.0 Å². The van der Waals surface area contributed by atoms with Crippen molar-refractivity contribution in [1.29, 1.82) is 0 Å². The normalized spacial score (nSPS) is 20.7. The number of Topliss-reactive ketones (excluding diaryl/α,β-unsaturated/α-hetero) is 1. The number of fused-ring (bicyclic) bond motifs is 1. The lowest BCUT2D eigenvalue weighted by Gasteiger charge is -2.22. The third-order valence-corrected chi connectivity index (χ3v) is 5.93. The van der Waals surface area contributed by atoms with Gasteiger partial charge >= 0.3 is 0 Å². The molecule has 3 nitrogen and oxygen atoms in total. The molecule has 19 heavy (non-hydrogen) atoms. The number of ketones is 1. The van der Waals surface area contributed by atoms with E-state index in [4.69, 9.17) is 11.6 Å². The Kier molecular flexibility index (Phi) is 4.11. The van der Waals surface area contributed by atoms with Gasteiger partial charge in [0.15, 0.2) is 0 Å². The fourth-order valence-electron chi connectivity index (χ4n) is 2.85. The average Bonchev–Trinajstić information content (AvgIpc) is 2.81. The summed E-state index contributed by atoms with van der Waals surface area (Å²) in [4.78, 5) is 11.7. The molecule has 0 saturated heterocycles. The molecular formula is C13H13ClIN2OP. The Morgan fingerprint density at radius 2 is 2.32 bits per heavy atom. The van der Waals surface area contributed by atoms with Gasteiger partial charge in [-0.05, 0) is 58.5 Å². The number of hydrogen-bond acceptors (Lipinski definition) is 2. The number of halogens is 2. The largest absolute Gasteiger partial charge is 0.300 e. The molecule has 0 N–H and O–H groups in total. The molecule has 1 aromatic carbocycles. The molecule has 6 heteroatoms. The molecule has 3 rings (SSSR count). The monoisotopic (exact) mass is 406 g/mol. The predicted octanol–water partition coefficient (Wildman–Crippen LogP) is 4.71. The summed E-state index contributed by atoms with van der Waals surface area (Å²) >= 11 is 8.71. The predicted molar refractivity (Wildman–Crippen MR) is 88.7 cm³/mol. The number of nitrogens with zero attached hydrogens (tertiary/aromatic N) is 2. The minimum atomic E-state index is 0.257. The number of benzene rings is 1. The minimum absolute atomic E-state index is 0.257. The Labute approximate surface area is 131 Å². The van der Waals surface area contributed by atoms with Gasteiger partial charge in [0.25, 0.3) is 0 Å². The zero-order chi connectivity index (χ0) is 13.4. The van der Waals surface area contributed by atoms with Gasteiger partial charge in [-0.15, -0.1) is 0 Å². The van der Waals surface area contributed by atoms with Crippen LogP contribution in [0.3, 0.4) is 0 Å². The summed E-state index contributed by atoms with van der Waals surface area (Å²) in [5.74, 6) is 0.611. The smallest absolute Gasteiger partial charge is 0.133 e. The van der Waals surface area contributed by atoms with Crippen LogP contribution in [0.2, 0.25) is 5.02 Å². The first-order valence-electron chi connectivity index (χ1n) is 6.25. The Morgan fingerprint density at radius 1 is 1.47 bits per heavy atom. The second kappa shape index (κ2) is 5.66. The van der Waals surface area contributed by atoms with E-state index in [2.05, 4.69) is 27.1 Å². The molecular weight excluding hydrogens is 393 g/mol. The van der Waals surface area contributed by atoms with Crippen LogP contribution in [0, 0.1) is 0 Å². The summed E-state index contributed by atoms with van der Waals surface area (Å²) in [5, 5.41) is 6.28. The van der Waals surface area contributed by atoms with Crippen molar-refractivity contribution in [2.45, 2.75) is 31.6 Å². The van der Waals surface area contributed by atoms with Crippen molar-refractivity contribution in [3.63, 3.8) is 0 Å². The van der Waals surface area contributed by atoms with Crippen LogP contribution in [0.4, 0.5) is 0 Å². The van der Waals surface area contributed by atoms with Gasteiger partial charge in [-0.25, -0.2) is 4.45 Å². The molecule has 1 aliphatic rings. The van der Waals surface area contributed by atoms with Gasteiger partial charge in [0, 0.05) is 23.3 Å². The van der Waals surface area contributed by atoms with E-state index in [-0.39, 0.29) is 5.92 Å². The summed E-state index contributed by atoms with van der Waals surface area (Å²) in [6.45, 7) is 0. The molecule has 1 aromatic heterocycles. The highest BCUT2D eigenvalue weighted by atomic mass is 127. The Balaban J connectivity index is 2.13. The van der Waals surface area contributed by atoms with Crippen molar-refractivity contribution in [3.05, 3.63) is 28.9 Å². The number of hydrogen-bond donors (Lipinski definition) is 0. The molecule has 1 aliphatic carbocycles. The standard InChI is InChI=1S/C13H13ClIN2OP/c14-11-4-5-12-10(7-16-17(12)19-15)13(11)8-2-1-3-9(18)6-8/h4-5,7-8,19H,1-3,6H2. The summed E-state index contributed by atoms with van der Waals surface area (Å²) in [7, 11) is 0. The topological polar surface area (TPSA) is 34.9 Å². The van der Waals surface area contributed by atoms with Crippen LogP contribution in [0.25, 0.3) is 10.9 Å². The first-order valence-corrected chi connectivity index (χ1v) is 10.7. The quantitative estimate of drug-likeness (QED) is 0.535. The van der Waals surface area contributed by atoms with E-state index in [1.54, 1.807) is 0 Å². The SMILES string of the molecule is O=C1CCCC(c2c(Cl)ccc3c2cnn3PI)C1. The Hall–Kier alpha value is -0.190. The highest BCUT2D eigenvalue weighted by Gasteiger charge is 2.25. The molecule has 0 bridgehead atoms. The minimum Gasteiger partial charge on any atom is -0.300 e. The highest BCUT2D eigenvalue weighted by molar-refractivity contribution is 14.2. The van der Waals surface area contributed by atoms with E-state index in [1.807, 2.05) is 22.8 Å². The Morgan fingerprint density at radius 3 is 3.05 bits per heavy atom. The third-order valence-electron chi connectivity index (χ3n) is 3.71. The van der Waals surface area contributed by atoms with Crippen LogP contribution in [0.5, 0.6) is 0 Å². The van der Waals surface area contributed by atoms with Gasteiger partial charge in [-0.2, -0.15) is 5.10 Å². The second-order valence-corrected chi connectivity index (χ2v) is 7.31. The molecule has 2 unspecified atom stereocenters. The fourth-order valence-corrected chi connectivity index (χ4v) is 4.71. The maximum absolute atomic E-state index is 11.7. The van der Waals surface area contributed by atoms with E-state index in [1.165, 1.54) is 0 Å². The highest BCUT2D eigenvalue weighted by Crippen LogP contribution is 2.40. The molecule has 2 atom stereocenters. The van der Waals surface area contributed by atoms with Crippen LogP contribution in [-0.4, -0.2) is 15.3 Å². The van der Waals surface area contributed by atoms with E-state index in [0.717, 1.165) is 40.8 Å². The van der Waals surface area contributed by atoms with Gasteiger partial charge in [-0.1, -0.05) is 11.6 Å². The van der Waals surface area contributed by atoms with Crippen molar-refractivity contribution >= 4 is 56.7 Å². The maximum atomic E-state index is 11.7. The zero-order valence-corrected chi connectivity index (χ0v) is 14.1. The first-order chi connectivity index (χ1) is 9.20. The van der Waals surface area contributed by atoms with E-state index < -0.39 is 0 Å². The average molecular weight is 407 g/mol. The molecule has 1 saturated carbocycles. The van der Waals surface area contributed by atoms with E-state index in [0.29, 0.717) is 18.6 Å². The summed E-state index contributed by atoms with van der Waals surface area (Å²) in [5.41, 5.74) is 2.23. The van der Waals surface area contributed by atoms with Crippen LogP contribution in [0.1, 0.15) is 37.2 Å². The lowest BCUT2D eigenvalue weighted by atomic mass is 9.82. The number of carbonyl (C=O) groups is 1. The van der Waals surface area contributed by atoms with E-state index in [9.17, 15) is 4.79 Å². The first kappa shape index (κ1) is 13.8. The molecule has 1 fully saturated rings. The van der Waals surface area contributed by atoms with Crippen LogP contribution in [0.15, 0.2) is 18.3 Å². The van der Waals surface area contributed by atoms with Crippen LogP contribution in [-0.2, 0) is 4.79 Å². The van der Waals surface area contributed by atoms with Crippen molar-refractivity contribution in [2.24, 2.45) is 0 Å². The van der Waals surface area contributed by atoms with Gasteiger partial charge in [0.2, 0.25) is 0 Å². The number of rotatable bonds is 2. The van der Waals surface area contributed by atoms with E-state index >= 15 is 0 Å². The van der Waals surface area contributed by atoms with Crippen molar-refractivity contribution in [3.8, 4) is 0 Å². The van der Waals surface area contributed by atoms with Crippen molar-refractivity contribution in [2.75, 3.05) is 0 Å². The summed E-state index contributed by atoms with van der Waals surface area (Å²) in [6.07, 6.45) is 5.82.